The molecule has 0 radical (unpaired) electrons. The van der Waals surface area contributed by atoms with E-state index in [1.54, 1.807) is 50.6 Å². The van der Waals surface area contributed by atoms with E-state index in [2.05, 4.69) is 0 Å². The van der Waals surface area contributed by atoms with Gasteiger partial charge >= 0.3 is 11.9 Å². The lowest BCUT2D eigenvalue weighted by Gasteiger charge is -2.16. The second-order valence-corrected chi connectivity index (χ2v) is 7.76. The highest BCUT2D eigenvalue weighted by molar-refractivity contribution is 5.87. The largest absolute Gasteiger partial charge is 0.497 e. The van der Waals surface area contributed by atoms with Gasteiger partial charge in [-0.25, -0.2) is 9.59 Å². The van der Waals surface area contributed by atoms with Gasteiger partial charge in [0.25, 0.3) is 0 Å². The molecular formula is C26H26O8. The topological polar surface area (TPSA) is 89.5 Å². The summed E-state index contributed by atoms with van der Waals surface area (Å²) in [5, 5.41) is 0. The van der Waals surface area contributed by atoms with E-state index in [9.17, 15) is 9.59 Å². The van der Waals surface area contributed by atoms with Crippen molar-refractivity contribution in [1.29, 1.82) is 0 Å². The molecule has 4 rings (SSSR count). The van der Waals surface area contributed by atoms with Crippen LogP contribution in [0.4, 0.5) is 0 Å². The molecule has 2 aromatic carbocycles. The van der Waals surface area contributed by atoms with Gasteiger partial charge in [0.05, 0.1) is 27.4 Å². The number of fused-ring (bicyclic) bond motifs is 1. The highest BCUT2D eigenvalue weighted by Crippen LogP contribution is 2.31. The number of esters is 2. The van der Waals surface area contributed by atoms with Crippen molar-refractivity contribution in [2.24, 2.45) is 0 Å². The van der Waals surface area contributed by atoms with Crippen LogP contribution in [0.3, 0.4) is 0 Å². The summed E-state index contributed by atoms with van der Waals surface area (Å²) < 4.78 is 32.7. The van der Waals surface area contributed by atoms with Gasteiger partial charge in [-0.15, -0.1) is 0 Å². The maximum atomic E-state index is 12.3. The average Bonchev–Trinajstić information content (AvgIpc) is 3.45. The fraction of sp³-hybridized carbons (Fsp3) is 0.308. The Morgan fingerprint density at radius 1 is 0.706 bits per heavy atom. The van der Waals surface area contributed by atoms with Gasteiger partial charge in [0.2, 0.25) is 0 Å². The molecule has 0 bridgehead atoms. The minimum atomic E-state index is -0.573. The van der Waals surface area contributed by atoms with Crippen molar-refractivity contribution >= 4 is 24.1 Å². The molecule has 2 fully saturated rings. The normalized spacial score (nSPS) is 23.7. The van der Waals surface area contributed by atoms with Crippen LogP contribution < -0.4 is 9.47 Å². The van der Waals surface area contributed by atoms with Crippen molar-refractivity contribution < 1.29 is 38.0 Å². The number of ether oxygens (including phenoxy) is 6. The molecule has 0 aromatic heterocycles. The lowest BCUT2D eigenvalue weighted by Crippen LogP contribution is -2.35. The molecule has 0 N–H and O–H groups in total. The second kappa shape index (κ2) is 11.0. The fourth-order valence-electron chi connectivity index (χ4n) is 3.77. The summed E-state index contributed by atoms with van der Waals surface area (Å²) in [5.41, 5.74) is 1.68. The maximum Gasteiger partial charge on any atom is 0.331 e. The standard InChI is InChI=1S/C26H26O8/c1-29-19-9-3-17(4-10-19)7-13-23(27)33-21-15-31-26-22(16-32-25(21)26)34-24(28)14-8-18-5-11-20(30-2)12-6-18/h3-14,21-22,25-26H,15-16H2,1-2H3/b13-7-,14-8+. The summed E-state index contributed by atoms with van der Waals surface area (Å²) >= 11 is 0. The summed E-state index contributed by atoms with van der Waals surface area (Å²) in [7, 11) is 3.18. The number of hydrogen-bond acceptors (Lipinski definition) is 8. The van der Waals surface area contributed by atoms with E-state index >= 15 is 0 Å². The van der Waals surface area contributed by atoms with Gasteiger partial charge in [-0.2, -0.15) is 0 Å². The number of methoxy groups -OCH3 is 2. The SMILES string of the molecule is COc1ccc(/C=C\C(=O)OC2COC3C(OC(=O)/C=C/c4ccc(OC)cc4)COC23)cc1. The summed E-state index contributed by atoms with van der Waals surface area (Å²) in [5.74, 6) is 0.463. The van der Waals surface area contributed by atoms with Crippen LogP contribution in [-0.2, 0) is 28.5 Å². The summed E-state index contributed by atoms with van der Waals surface area (Å²) in [6.45, 7) is 0.348. The lowest BCUT2D eigenvalue weighted by atomic mass is 10.1. The van der Waals surface area contributed by atoms with Gasteiger partial charge < -0.3 is 28.4 Å². The number of rotatable bonds is 8. The molecule has 4 atom stereocenters. The highest BCUT2D eigenvalue weighted by atomic mass is 16.7. The van der Waals surface area contributed by atoms with E-state index in [0.717, 1.165) is 22.6 Å². The summed E-state index contributed by atoms with van der Waals surface area (Å²) in [6.07, 6.45) is 3.91. The second-order valence-electron chi connectivity index (χ2n) is 7.76. The van der Waals surface area contributed by atoms with Gasteiger partial charge in [-0.1, -0.05) is 24.3 Å². The number of carbonyl (C=O) groups is 2. The predicted octanol–water partition coefficient (Wildman–Crippen LogP) is 3.05. The molecule has 0 aliphatic carbocycles. The third kappa shape index (κ3) is 5.84. The van der Waals surface area contributed by atoms with Gasteiger partial charge in [0.15, 0.2) is 12.2 Å². The van der Waals surface area contributed by atoms with Gasteiger partial charge in [-0.3, -0.25) is 0 Å². The third-order valence-electron chi connectivity index (χ3n) is 5.55. The fourth-order valence-corrected chi connectivity index (χ4v) is 3.77. The van der Waals surface area contributed by atoms with Crippen LogP contribution in [-0.4, -0.2) is 63.8 Å². The first-order valence-electron chi connectivity index (χ1n) is 10.8. The Labute approximate surface area is 197 Å². The van der Waals surface area contributed by atoms with Crippen LogP contribution in [0.2, 0.25) is 0 Å². The molecule has 8 heteroatoms. The monoisotopic (exact) mass is 466 g/mol. The first-order chi connectivity index (χ1) is 16.6. The Morgan fingerprint density at radius 2 is 1.09 bits per heavy atom. The quantitative estimate of drug-likeness (QED) is 0.433. The van der Waals surface area contributed by atoms with Crippen LogP contribution in [0, 0.1) is 0 Å². The first kappa shape index (κ1) is 23.5. The molecule has 2 aromatic rings. The molecular weight excluding hydrogens is 440 g/mol. The molecule has 34 heavy (non-hydrogen) atoms. The summed E-state index contributed by atoms with van der Waals surface area (Å²) in [4.78, 5) is 24.5. The van der Waals surface area contributed by atoms with Gasteiger partial charge in [0.1, 0.15) is 23.7 Å². The van der Waals surface area contributed by atoms with Crippen molar-refractivity contribution in [2.45, 2.75) is 24.4 Å². The maximum absolute atomic E-state index is 12.3. The molecule has 0 saturated carbocycles. The van der Waals surface area contributed by atoms with E-state index in [1.807, 2.05) is 24.3 Å². The van der Waals surface area contributed by atoms with Crippen molar-refractivity contribution in [3.63, 3.8) is 0 Å². The van der Waals surface area contributed by atoms with Gasteiger partial charge in [-0.05, 0) is 47.5 Å². The number of hydrogen-bond donors (Lipinski definition) is 0. The molecule has 0 amide bonds. The van der Waals surface area contributed by atoms with Crippen LogP contribution in [0.25, 0.3) is 12.2 Å². The Morgan fingerprint density at radius 3 is 1.44 bits per heavy atom. The Balaban J connectivity index is 1.26. The molecule has 2 aliphatic heterocycles. The first-order valence-corrected chi connectivity index (χ1v) is 10.8. The Kier molecular flexibility index (Phi) is 7.61. The van der Waals surface area contributed by atoms with E-state index in [4.69, 9.17) is 28.4 Å². The minimum absolute atomic E-state index is 0.174. The van der Waals surface area contributed by atoms with Gasteiger partial charge in [0, 0.05) is 12.2 Å². The Bertz CT molecular complexity index is 956. The molecule has 2 saturated heterocycles. The zero-order valence-electron chi connectivity index (χ0n) is 18.9. The molecule has 2 aliphatic rings. The minimum Gasteiger partial charge on any atom is -0.497 e. The molecule has 2 heterocycles. The zero-order valence-corrected chi connectivity index (χ0v) is 18.9. The zero-order chi connectivity index (χ0) is 23.9. The smallest absolute Gasteiger partial charge is 0.331 e. The van der Waals surface area contributed by atoms with Crippen LogP contribution >= 0.6 is 0 Å². The predicted molar refractivity (Wildman–Crippen MR) is 123 cm³/mol. The van der Waals surface area contributed by atoms with Crippen LogP contribution in [0.1, 0.15) is 11.1 Å². The summed E-state index contributed by atoms with van der Waals surface area (Å²) in [6, 6.07) is 14.6. The molecule has 178 valence electrons. The Hall–Kier alpha value is -3.62. The van der Waals surface area contributed by atoms with Crippen molar-refractivity contribution in [1.82, 2.24) is 0 Å². The van der Waals surface area contributed by atoms with Crippen LogP contribution in [0.5, 0.6) is 11.5 Å². The number of carbonyl (C=O) groups excluding carboxylic acids is 2. The van der Waals surface area contributed by atoms with E-state index < -0.39 is 36.4 Å². The number of benzene rings is 2. The van der Waals surface area contributed by atoms with Crippen LogP contribution in [0.15, 0.2) is 60.7 Å². The van der Waals surface area contributed by atoms with Crippen molar-refractivity contribution in [3.8, 4) is 11.5 Å². The molecule has 0 spiro atoms. The highest BCUT2D eigenvalue weighted by Gasteiger charge is 2.50. The molecule has 4 unspecified atom stereocenters. The van der Waals surface area contributed by atoms with E-state index in [0.29, 0.717) is 0 Å². The van der Waals surface area contributed by atoms with Crippen molar-refractivity contribution in [2.75, 3.05) is 27.4 Å². The third-order valence-corrected chi connectivity index (χ3v) is 5.55. The van der Waals surface area contributed by atoms with Crippen molar-refractivity contribution in [3.05, 3.63) is 71.8 Å². The van der Waals surface area contributed by atoms with E-state index in [-0.39, 0.29) is 13.2 Å². The lowest BCUT2D eigenvalue weighted by molar-refractivity contribution is -0.149. The average molecular weight is 466 g/mol. The molecule has 8 nitrogen and oxygen atoms in total. The van der Waals surface area contributed by atoms with E-state index in [1.165, 1.54) is 12.2 Å².